The van der Waals surface area contributed by atoms with E-state index in [1.54, 1.807) is 7.11 Å². The molecule has 1 aromatic heterocycles. The molecule has 23 heavy (non-hydrogen) atoms. The maximum Gasteiger partial charge on any atom is 0.497 e. The molecule has 0 unspecified atom stereocenters. The van der Waals surface area contributed by atoms with Gasteiger partial charge in [0.2, 0.25) is 0 Å². The summed E-state index contributed by atoms with van der Waals surface area (Å²) in [5.74, 6) is 0. The van der Waals surface area contributed by atoms with E-state index in [9.17, 15) is 0 Å². The molecule has 1 saturated heterocycles. The van der Waals surface area contributed by atoms with Crippen LogP contribution in [0.4, 0.5) is 0 Å². The highest BCUT2D eigenvalue weighted by Gasteiger charge is 2.52. The molecule has 1 fully saturated rings. The zero-order valence-corrected chi connectivity index (χ0v) is 15.0. The first-order valence-electron chi connectivity index (χ1n) is 7.75. The molecule has 0 bridgehead atoms. The van der Waals surface area contributed by atoms with Crippen LogP contribution < -0.4 is 5.46 Å². The lowest BCUT2D eigenvalue weighted by Gasteiger charge is -2.32. The number of aromatic nitrogens is 2. The van der Waals surface area contributed by atoms with Crippen LogP contribution in [0.15, 0.2) is 18.3 Å². The molecule has 0 saturated carbocycles. The average molecular weight is 337 g/mol. The van der Waals surface area contributed by atoms with Crippen molar-refractivity contribution in [3.8, 4) is 0 Å². The lowest BCUT2D eigenvalue weighted by Crippen LogP contribution is -2.41. The SMILES string of the molecule is COCCn1cc2cc(Cl)cc(B3OC(C)(C)C(C)(C)O3)c2n1. The lowest BCUT2D eigenvalue weighted by molar-refractivity contribution is 0.00578. The van der Waals surface area contributed by atoms with E-state index >= 15 is 0 Å². The van der Waals surface area contributed by atoms with Crippen LogP contribution in [-0.2, 0) is 20.6 Å². The molecule has 124 valence electrons. The Morgan fingerprint density at radius 1 is 1.22 bits per heavy atom. The highest BCUT2D eigenvalue weighted by Crippen LogP contribution is 2.37. The predicted octanol–water partition coefficient (Wildman–Crippen LogP) is 2.64. The van der Waals surface area contributed by atoms with Crippen molar-refractivity contribution in [2.24, 2.45) is 0 Å². The average Bonchev–Trinajstić information content (AvgIpc) is 2.93. The van der Waals surface area contributed by atoms with Gasteiger partial charge in [-0.05, 0) is 39.8 Å². The van der Waals surface area contributed by atoms with Crippen LogP contribution in [0.25, 0.3) is 10.9 Å². The number of methoxy groups -OCH3 is 1. The number of fused-ring (bicyclic) bond motifs is 1. The van der Waals surface area contributed by atoms with Gasteiger partial charge < -0.3 is 14.0 Å². The topological polar surface area (TPSA) is 45.5 Å². The Balaban J connectivity index is 2.02. The molecule has 1 aliphatic heterocycles. The smallest absolute Gasteiger partial charge is 0.399 e. The summed E-state index contributed by atoms with van der Waals surface area (Å²) in [6.07, 6.45) is 1.97. The van der Waals surface area contributed by atoms with E-state index in [1.165, 1.54) is 0 Å². The van der Waals surface area contributed by atoms with Crippen molar-refractivity contribution >= 4 is 35.1 Å². The van der Waals surface area contributed by atoms with Crippen LogP contribution in [0.2, 0.25) is 5.02 Å². The number of rotatable bonds is 4. The molecule has 0 amide bonds. The molecule has 1 aliphatic rings. The molecule has 7 heteroatoms. The first-order chi connectivity index (χ1) is 10.7. The zero-order chi connectivity index (χ0) is 16.8. The summed E-state index contributed by atoms with van der Waals surface area (Å²) in [7, 11) is 1.20. The van der Waals surface area contributed by atoms with Crippen LogP contribution in [0.3, 0.4) is 0 Å². The number of hydrogen-bond acceptors (Lipinski definition) is 4. The molecular formula is C16H22BClN2O3. The number of nitrogens with zero attached hydrogens (tertiary/aromatic N) is 2. The second kappa shape index (κ2) is 5.78. The van der Waals surface area contributed by atoms with Gasteiger partial charge in [0.15, 0.2) is 0 Å². The minimum Gasteiger partial charge on any atom is -0.399 e. The Hall–Kier alpha value is -1.08. The Labute approximate surface area is 142 Å². The second-order valence-corrected chi connectivity index (χ2v) is 7.34. The van der Waals surface area contributed by atoms with Crippen molar-refractivity contribution in [1.82, 2.24) is 9.78 Å². The first kappa shape index (κ1) is 16.8. The van der Waals surface area contributed by atoms with Gasteiger partial charge in [0.05, 0.1) is 29.9 Å². The molecule has 3 rings (SSSR count). The monoisotopic (exact) mass is 336 g/mol. The summed E-state index contributed by atoms with van der Waals surface area (Å²) in [5, 5.41) is 6.27. The molecular weight excluding hydrogens is 314 g/mol. The molecule has 1 aromatic carbocycles. The Morgan fingerprint density at radius 2 is 1.87 bits per heavy atom. The van der Waals surface area contributed by atoms with E-state index in [4.69, 9.17) is 25.6 Å². The van der Waals surface area contributed by atoms with Gasteiger partial charge in [-0.3, -0.25) is 4.68 Å². The zero-order valence-electron chi connectivity index (χ0n) is 14.2. The number of ether oxygens (including phenoxy) is 1. The largest absolute Gasteiger partial charge is 0.497 e. The van der Waals surface area contributed by atoms with Crippen LogP contribution in [-0.4, -0.2) is 41.8 Å². The van der Waals surface area contributed by atoms with Crippen LogP contribution in [0, 0.1) is 0 Å². The van der Waals surface area contributed by atoms with Gasteiger partial charge in [-0.25, -0.2) is 0 Å². The molecule has 0 aliphatic carbocycles. The lowest BCUT2D eigenvalue weighted by atomic mass is 9.78. The fourth-order valence-corrected chi connectivity index (χ4v) is 2.86. The minimum atomic E-state index is -0.480. The van der Waals surface area contributed by atoms with Crippen LogP contribution in [0.1, 0.15) is 27.7 Å². The summed E-state index contributed by atoms with van der Waals surface area (Å²) in [6, 6.07) is 3.78. The third-order valence-electron chi connectivity index (χ3n) is 4.68. The third kappa shape index (κ3) is 3.01. The molecule has 5 nitrogen and oxygen atoms in total. The van der Waals surface area contributed by atoms with Gasteiger partial charge >= 0.3 is 7.12 Å². The minimum absolute atomic E-state index is 0.398. The van der Waals surface area contributed by atoms with E-state index < -0.39 is 18.3 Å². The molecule has 2 heterocycles. The van der Waals surface area contributed by atoms with Gasteiger partial charge in [0.25, 0.3) is 0 Å². The van der Waals surface area contributed by atoms with Crippen molar-refractivity contribution in [2.75, 3.05) is 13.7 Å². The van der Waals surface area contributed by atoms with Gasteiger partial charge in [-0.15, -0.1) is 0 Å². The fourth-order valence-electron chi connectivity index (χ4n) is 2.62. The fraction of sp³-hybridized carbons (Fsp3) is 0.562. The van der Waals surface area contributed by atoms with Crippen molar-refractivity contribution < 1.29 is 14.0 Å². The van der Waals surface area contributed by atoms with Crippen molar-refractivity contribution in [3.63, 3.8) is 0 Å². The highest BCUT2D eigenvalue weighted by atomic mass is 35.5. The molecule has 0 N–H and O–H groups in total. The highest BCUT2D eigenvalue weighted by molar-refractivity contribution is 6.65. The Kier molecular flexibility index (Phi) is 4.21. The standard InChI is InChI=1S/C16H22BClN2O3/c1-15(2)16(3,4)23-17(22-15)13-9-12(18)8-11-10-20(6-7-21-5)19-14(11)13/h8-10H,6-7H2,1-5H3. The van der Waals surface area contributed by atoms with E-state index in [0.29, 0.717) is 18.2 Å². The quantitative estimate of drug-likeness (QED) is 0.805. The summed E-state index contributed by atoms with van der Waals surface area (Å²) in [5.41, 5.74) is 0.918. The normalized spacial score (nSPS) is 19.7. The van der Waals surface area contributed by atoms with E-state index in [2.05, 4.69) is 5.10 Å². The molecule has 2 aromatic rings. The van der Waals surface area contributed by atoms with Crippen LogP contribution in [0.5, 0.6) is 0 Å². The van der Waals surface area contributed by atoms with Crippen molar-refractivity contribution in [2.45, 2.75) is 45.4 Å². The summed E-state index contributed by atoms with van der Waals surface area (Å²) >= 11 is 6.29. The summed E-state index contributed by atoms with van der Waals surface area (Å²) in [6.45, 7) is 9.43. The molecule has 0 spiro atoms. The summed E-state index contributed by atoms with van der Waals surface area (Å²) in [4.78, 5) is 0. The first-order valence-corrected chi connectivity index (χ1v) is 8.12. The molecule has 0 atom stereocenters. The van der Waals surface area contributed by atoms with Crippen LogP contribution >= 0.6 is 11.6 Å². The number of hydrogen-bond donors (Lipinski definition) is 0. The van der Waals surface area contributed by atoms with Crippen molar-refractivity contribution in [3.05, 3.63) is 23.4 Å². The van der Waals surface area contributed by atoms with Gasteiger partial charge in [0, 0.05) is 29.2 Å². The van der Waals surface area contributed by atoms with Crippen molar-refractivity contribution in [1.29, 1.82) is 0 Å². The van der Waals surface area contributed by atoms with E-state index in [0.717, 1.165) is 16.4 Å². The summed E-state index contributed by atoms with van der Waals surface area (Å²) < 4.78 is 19.3. The third-order valence-corrected chi connectivity index (χ3v) is 4.90. The number of halogens is 1. The van der Waals surface area contributed by atoms with Gasteiger partial charge in [0.1, 0.15) is 0 Å². The van der Waals surface area contributed by atoms with E-state index in [-0.39, 0.29) is 0 Å². The maximum atomic E-state index is 6.29. The molecule has 0 radical (unpaired) electrons. The Bertz CT molecular complexity index is 713. The van der Waals surface area contributed by atoms with E-state index in [1.807, 2.05) is 50.7 Å². The second-order valence-electron chi connectivity index (χ2n) is 6.91. The Morgan fingerprint density at radius 3 is 2.48 bits per heavy atom. The maximum absolute atomic E-state index is 6.29. The van der Waals surface area contributed by atoms with Gasteiger partial charge in [-0.2, -0.15) is 5.10 Å². The predicted molar refractivity (Wildman–Crippen MR) is 92.3 cm³/mol. The number of benzene rings is 1. The van der Waals surface area contributed by atoms with Gasteiger partial charge in [-0.1, -0.05) is 11.6 Å².